The summed E-state index contributed by atoms with van der Waals surface area (Å²) in [6, 6.07) is 0. The number of hydrogen-bond donors (Lipinski definition) is 2. The predicted molar refractivity (Wildman–Crippen MR) is 113 cm³/mol. The minimum absolute atomic E-state index is 0. The average Bonchev–Trinajstić information content (AvgIpc) is 3.12. The van der Waals surface area contributed by atoms with Crippen molar-refractivity contribution in [2.45, 2.75) is 58.0 Å². The first-order valence-electron chi connectivity index (χ1n) is 8.36. The van der Waals surface area contributed by atoms with Crippen molar-refractivity contribution in [3.63, 3.8) is 0 Å². The van der Waals surface area contributed by atoms with Crippen LogP contribution in [0.1, 0.15) is 51.2 Å². The molecule has 1 unspecified atom stereocenters. The van der Waals surface area contributed by atoms with Crippen LogP contribution in [-0.2, 0) is 16.6 Å². The van der Waals surface area contributed by atoms with Crippen molar-refractivity contribution in [3.05, 3.63) is 16.1 Å². The first kappa shape index (κ1) is 21.6. The summed E-state index contributed by atoms with van der Waals surface area (Å²) in [7, 11) is 1.80. The molecule has 0 radical (unpaired) electrons. The fourth-order valence-corrected chi connectivity index (χ4v) is 3.55. The summed E-state index contributed by atoms with van der Waals surface area (Å²) in [5.74, 6) is 0.828. The molecule has 1 aliphatic rings. The lowest BCUT2D eigenvalue weighted by molar-refractivity contribution is 0.0243. The van der Waals surface area contributed by atoms with Crippen molar-refractivity contribution in [2.75, 3.05) is 26.7 Å². The molecule has 2 heterocycles. The third-order valence-electron chi connectivity index (χ3n) is 4.11. The van der Waals surface area contributed by atoms with E-state index in [4.69, 9.17) is 9.72 Å². The standard InChI is InChI=1S/C17H30N4OS.HI/c1-16(2,3)13-11-23-14(21-13)7-9-19-15(18-5)20-12-17(4)8-6-10-22-17;/h11H,6-10,12H2,1-5H3,(H2,18,19,20);1H. The third-order valence-corrected chi connectivity index (χ3v) is 5.01. The molecule has 1 atom stereocenters. The zero-order valence-corrected chi connectivity index (χ0v) is 18.6. The number of halogens is 1. The van der Waals surface area contributed by atoms with Gasteiger partial charge < -0.3 is 15.4 Å². The van der Waals surface area contributed by atoms with Gasteiger partial charge in [0.2, 0.25) is 0 Å². The van der Waals surface area contributed by atoms with E-state index in [1.807, 2.05) is 0 Å². The Hall–Kier alpha value is -0.410. The maximum Gasteiger partial charge on any atom is 0.191 e. The van der Waals surface area contributed by atoms with Crippen molar-refractivity contribution in [3.8, 4) is 0 Å². The van der Waals surface area contributed by atoms with E-state index in [-0.39, 0.29) is 35.0 Å². The summed E-state index contributed by atoms with van der Waals surface area (Å²) < 4.78 is 5.79. The van der Waals surface area contributed by atoms with E-state index in [1.165, 1.54) is 10.7 Å². The molecule has 0 bridgehead atoms. The monoisotopic (exact) mass is 466 g/mol. The molecule has 1 saturated heterocycles. The van der Waals surface area contributed by atoms with E-state index in [0.29, 0.717) is 0 Å². The highest BCUT2D eigenvalue weighted by Crippen LogP contribution is 2.24. The van der Waals surface area contributed by atoms with Gasteiger partial charge in [-0.2, -0.15) is 0 Å². The van der Waals surface area contributed by atoms with Gasteiger partial charge in [0.05, 0.1) is 16.3 Å². The Morgan fingerprint density at radius 3 is 2.71 bits per heavy atom. The van der Waals surface area contributed by atoms with Gasteiger partial charge in [-0.3, -0.25) is 4.99 Å². The first-order valence-corrected chi connectivity index (χ1v) is 9.24. The SMILES string of the molecule is CN=C(NCCc1nc(C(C)(C)C)cs1)NCC1(C)CCCO1.I. The number of aromatic nitrogens is 1. The molecule has 7 heteroatoms. The van der Waals surface area contributed by atoms with Gasteiger partial charge >= 0.3 is 0 Å². The smallest absolute Gasteiger partial charge is 0.191 e. The van der Waals surface area contributed by atoms with Crippen molar-refractivity contribution >= 4 is 41.3 Å². The first-order chi connectivity index (χ1) is 10.8. The molecule has 2 rings (SSSR count). The predicted octanol–water partition coefficient (Wildman–Crippen LogP) is 3.34. The molecule has 0 spiro atoms. The van der Waals surface area contributed by atoms with Crippen LogP contribution in [0.3, 0.4) is 0 Å². The zero-order chi connectivity index (χ0) is 16.9. The van der Waals surface area contributed by atoms with E-state index >= 15 is 0 Å². The van der Waals surface area contributed by atoms with Crippen LogP contribution in [0.2, 0.25) is 0 Å². The van der Waals surface area contributed by atoms with Crippen LogP contribution in [0, 0.1) is 0 Å². The van der Waals surface area contributed by atoms with Crippen molar-refractivity contribution < 1.29 is 4.74 Å². The lowest BCUT2D eigenvalue weighted by Gasteiger charge is -2.24. The van der Waals surface area contributed by atoms with E-state index in [1.54, 1.807) is 18.4 Å². The highest BCUT2D eigenvalue weighted by atomic mass is 127. The number of guanidine groups is 1. The number of thiazole rings is 1. The Bertz CT molecular complexity index is 533. The highest BCUT2D eigenvalue weighted by molar-refractivity contribution is 14.0. The quantitative estimate of drug-likeness (QED) is 0.397. The molecule has 1 aliphatic heterocycles. The molecule has 2 N–H and O–H groups in total. The molecule has 1 aromatic rings. The van der Waals surface area contributed by atoms with Crippen molar-refractivity contribution in [2.24, 2.45) is 4.99 Å². The van der Waals surface area contributed by atoms with Gasteiger partial charge in [-0.15, -0.1) is 35.3 Å². The second kappa shape index (κ2) is 9.33. The molecule has 5 nitrogen and oxygen atoms in total. The molecule has 0 aromatic carbocycles. The Morgan fingerprint density at radius 2 is 2.17 bits per heavy atom. The van der Waals surface area contributed by atoms with Crippen LogP contribution in [0.15, 0.2) is 10.4 Å². The van der Waals surface area contributed by atoms with E-state index in [9.17, 15) is 0 Å². The Balaban J connectivity index is 0.00000288. The average molecular weight is 466 g/mol. The minimum atomic E-state index is -0.0610. The number of hydrogen-bond acceptors (Lipinski definition) is 4. The van der Waals surface area contributed by atoms with E-state index in [0.717, 1.165) is 44.9 Å². The van der Waals surface area contributed by atoms with Gasteiger partial charge in [-0.05, 0) is 19.8 Å². The third kappa shape index (κ3) is 6.48. The summed E-state index contributed by atoms with van der Waals surface area (Å²) in [5.41, 5.74) is 1.23. The number of nitrogens with zero attached hydrogens (tertiary/aromatic N) is 2. The molecule has 138 valence electrons. The maximum atomic E-state index is 5.79. The summed E-state index contributed by atoms with van der Waals surface area (Å²) in [4.78, 5) is 9.00. The van der Waals surface area contributed by atoms with Crippen LogP contribution in [0.25, 0.3) is 0 Å². The Morgan fingerprint density at radius 1 is 1.42 bits per heavy atom. The van der Waals surface area contributed by atoms with Gasteiger partial charge in [-0.1, -0.05) is 20.8 Å². The van der Waals surface area contributed by atoms with Gasteiger partial charge in [0.1, 0.15) is 0 Å². The van der Waals surface area contributed by atoms with Crippen LogP contribution in [-0.4, -0.2) is 43.3 Å². The second-order valence-corrected chi connectivity index (χ2v) is 8.32. The summed E-state index contributed by atoms with van der Waals surface area (Å²) in [6.07, 6.45) is 3.16. The van der Waals surface area contributed by atoms with Crippen LogP contribution in [0.5, 0.6) is 0 Å². The van der Waals surface area contributed by atoms with E-state index < -0.39 is 0 Å². The van der Waals surface area contributed by atoms with Crippen LogP contribution in [0.4, 0.5) is 0 Å². The molecule has 24 heavy (non-hydrogen) atoms. The van der Waals surface area contributed by atoms with Gasteiger partial charge in [-0.25, -0.2) is 4.98 Å². The van der Waals surface area contributed by atoms with E-state index in [2.05, 4.69) is 48.7 Å². The summed E-state index contributed by atoms with van der Waals surface area (Å²) in [6.45, 7) is 11.2. The highest BCUT2D eigenvalue weighted by Gasteiger charge is 2.29. The van der Waals surface area contributed by atoms with Gasteiger partial charge in [0.25, 0.3) is 0 Å². The number of ether oxygens (including phenoxy) is 1. The Labute approximate surface area is 167 Å². The van der Waals surface area contributed by atoms with Gasteiger partial charge in [0.15, 0.2) is 5.96 Å². The summed E-state index contributed by atoms with van der Waals surface area (Å²) >= 11 is 1.74. The molecule has 0 aliphatic carbocycles. The Kier molecular flexibility index (Phi) is 8.41. The number of aliphatic imine (C=N–C) groups is 1. The fraction of sp³-hybridized carbons (Fsp3) is 0.765. The van der Waals surface area contributed by atoms with Crippen LogP contribution >= 0.6 is 35.3 Å². The molecule has 1 fully saturated rings. The lowest BCUT2D eigenvalue weighted by Crippen LogP contribution is -2.45. The number of nitrogens with one attached hydrogen (secondary N) is 2. The topological polar surface area (TPSA) is 58.5 Å². The van der Waals surface area contributed by atoms with Crippen LogP contribution < -0.4 is 10.6 Å². The minimum Gasteiger partial charge on any atom is -0.373 e. The molecule has 0 saturated carbocycles. The molecular formula is C17H31IN4OS. The normalized spacial score (nSPS) is 21.5. The van der Waals surface area contributed by atoms with Gasteiger partial charge in [0, 0.05) is 44.0 Å². The molecular weight excluding hydrogens is 435 g/mol. The van der Waals surface area contributed by atoms with Crippen molar-refractivity contribution in [1.29, 1.82) is 0 Å². The largest absolute Gasteiger partial charge is 0.373 e. The molecule has 0 amide bonds. The van der Waals surface area contributed by atoms with Crippen molar-refractivity contribution in [1.82, 2.24) is 15.6 Å². The zero-order valence-electron chi connectivity index (χ0n) is 15.4. The summed E-state index contributed by atoms with van der Waals surface area (Å²) in [5, 5.41) is 10.1. The number of rotatable bonds is 5. The second-order valence-electron chi connectivity index (χ2n) is 7.38. The lowest BCUT2D eigenvalue weighted by atomic mass is 9.93. The molecule has 1 aromatic heterocycles. The fourth-order valence-electron chi connectivity index (χ4n) is 2.53. The maximum absolute atomic E-state index is 5.79.